The zero-order valence-electron chi connectivity index (χ0n) is 8.19. The SMILES string of the molecule is [B]CCCOP(=O)(OCC)OCC. The Hall–Kier alpha value is 0.175. The molecule has 76 valence electrons. The van der Waals surface area contributed by atoms with Gasteiger partial charge in [0, 0.05) is 0 Å². The average Bonchev–Trinajstić information content (AvgIpc) is 2.05. The number of phosphoric acid groups is 1. The highest BCUT2D eigenvalue weighted by molar-refractivity contribution is 7.48. The molecule has 13 heavy (non-hydrogen) atoms. The molecule has 0 aromatic rings. The van der Waals surface area contributed by atoms with E-state index in [9.17, 15) is 4.57 Å². The van der Waals surface area contributed by atoms with Crippen molar-refractivity contribution in [1.29, 1.82) is 0 Å². The third-order valence-corrected chi connectivity index (χ3v) is 2.82. The monoisotopic (exact) mass is 206 g/mol. The van der Waals surface area contributed by atoms with E-state index < -0.39 is 7.82 Å². The summed E-state index contributed by atoms with van der Waals surface area (Å²) in [5.41, 5.74) is 0. The van der Waals surface area contributed by atoms with Gasteiger partial charge in [0.15, 0.2) is 0 Å². The predicted molar refractivity (Wildman–Crippen MR) is 52.0 cm³/mol. The van der Waals surface area contributed by atoms with Crippen LogP contribution in [0.3, 0.4) is 0 Å². The van der Waals surface area contributed by atoms with Crippen LogP contribution in [-0.4, -0.2) is 27.7 Å². The smallest absolute Gasteiger partial charge is 0.287 e. The van der Waals surface area contributed by atoms with E-state index in [0.29, 0.717) is 32.6 Å². The Kier molecular flexibility index (Phi) is 7.67. The fourth-order valence-electron chi connectivity index (χ4n) is 0.688. The molecule has 0 N–H and O–H groups in total. The summed E-state index contributed by atoms with van der Waals surface area (Å²) >= 11 is 0. The summed E-state index contributed by atoms with van der Waals surface area (Å²) in [5, 5.41) is 0. The van der Waals surface area contributed by atoms with Crippen LogP contribution in [0.4, 0.5) is 0 Å². The van der Waals surface area contributed by atoms with Crippen molar-refractivity contribution in [2.24, 2.45) is 0 Å². The molecular formula is C7H16BO4P. The second kappa shape index (κ2) is 7.57. The van der Waals surface area contributed by atoms with E-state index in [4.69, 9.17) is 21.4 Å². The lowest BCUT2D eigenvalue weighted by atomic mass is 10.0. The summed E-state index contributed by atoms with van der Waals surface area (Å²) in [6, 6.07) is 0. The predicted octanol–water partition coefficient (Wildman–Crippen LogP) is 2.16. The minimum atomic E-state index is -3.30. The van der Waals surface area contributed by atoms with Gasteiger partial charge in [-0.15, -0.1) is 0 Å². The van der Waals surface area contributed by atoms with Gasteiger partial charge in [-0.2, -0.15) is 0 Å². The van der Waals surface area contributed by atoms with Crippen LogP contribution in [0.15, 0.2) is 0 Å². The van der Waals surface area contributed by atoms with Crippen molar-refractivity contribution in [3.05, 3.63) is 0 Å². The Morgan fingerprint density at radius 3 is 2.08 bits per heavy atom. The number of hydrogen-bond donors (Lipinski definition) is 0. The lowest BCUT2D eigenvalue weighted by molar-refractivity contribution is 0.122. The average molecular weight is 206 g/mol. The second-order valence-electron chi connectivity index (χ2n) is 2.26. The Labute approximate surface area is 81.0 Å². The molecule has 0 aliphatic carbocycles. The van der Waals surface area contributed by atoms with E-state index in [-0.39, 0.29) is 0 Å². The van der Waals surface area contributed by atoms with Gasteiger partial charge in [-0.3, -0.25) is 13.6 Å². The first kappa shape index (κ1) is 13.2. The maximum absolute atomic E-state index is 11.6. The summed E-state index contributed by atoms with van der Waals surface area (Å²) in [4.78, 5) is 0. The van der Waals surface area contributed by atoms with Crippen molar-refractivity contribution in [3.8, 4) is 0 Å². The summed E-state index contributed by atoms with van der Waals surface area (Å²) in [6.45, 7) is 4.38. The summed E-state index contributed by atoms with van der Waals surface area (Å²) in [5.74, 6) is 0. The van der Waals surface area contributed by atoms with Crippen molar-refractivity contribution in [3.63, 3.8) is 0 Å². The van der Waals surface area contributed by atoms with E-state index in [1.54, 1.807) is 13.8 Å². The highest BCUT2D eigenvalue weighted by atomic mass is 31.2. The third-order valence-electron chi connectivity index (χ3n) is 1.17. The van der Waals surface area contributed by atoms with E-state index in [0.717, 1.165) is 0 Å². The molecule has 0 atom stereocenters. The largest absolute Gasteiger partial charge is 0.474 e. The molecule has 0 bridgehead atoms. The van der Waals surface area contributed by atoms with Crippen molar-refractivity contribution in [1.82, 2.24) is 0 Å². The Balaban J connectivity index is 3.85. The second-order valence-corrected chi connectivity index (χ2v) is 3.93. The standard InChI is InChI=1S/C7H16BO4P/c1-3-10-13(9,11-4-2)12-7-5-6-8/h3-7H2,1-2H3. The Bertz CT molecular complexity index is 155. The van der Waals surface area contributed by atoms with E-state index in [1.807, 2.05) is 0 Å². The minimum Gasteiger partial charge on any atom is -0.287 e. The Morgan fingerprint density at radius 2 is 1.69 bits per heavy atom. The van der Waals surface area contributed by atoms with Crippen molar-refractivity contribution in [2.75, 3.05) is 19.8 Å². The Morgan fingerprint density at radius 1 is 1.15 bits per heavy atom. The summed E-state index contributed by atoms with van der Waals surface area (Å²) < 4.78 is 26.3. The topological polar surface area (TPSA) is 44.8 Å². The molecular weight excluding hydrogens is 190 g/mol. The molecule has 0 fully saturated rings. The summed E-state index contributed by atoms with van der Waals surface area (Å²) in [7, 11) is 1.95. The molecule has 0 aromatic heterocycles. The fourth-order valence-corrected chi connectivity index (χ4v) is 1.90. The van der Waals surface area contributed by atoms with Gasteiger partial charge < -0.3 is 0 Å². The molecule has 0 unspecified atom stereocenters. The molecule has 0 aliphatic rings. The highest BCUT2D eigenvalue weighted by Gasteiger charge is 2.24. The lowest BCUT2D eigenvalue weighted by Gasteiger charge is -2.15. The van der Waals surface area contributed by atoms with Crippen molar-refractivity contribution in [2.45, 2.75) is 26.6 Å². The maximum Gasteiger partial charge on any atom is 0.474 e. The minimum absolute atomic E-state index is 0.299. The first-order valence-corrected chi connectivity index (χ1v) is 5.88. The van der Waals surface area contributed by atoms with Crippen LogP contribution in [-0.2, 0) is 18.1 Å². The zero-order chi connectivity index (χ0) is 10.2. The molecule has 0 spiro atoms. The molecule has 0 saturated heterocycles. The first-order chi connectivity index (χ1) is 6.18. The fraction of sp³-hybridized carbons (Fsp3) is 1.00. The number of hydrogen-bond acceptors (Lipinski definition) is 4. The van der Waals surface area contributed by atoms with Crippen LogP contribution in [0.5, 0.6) is 0 Å². The van der Waals surface area contributed by atoms with E-state index in [2.05, 4.69) is 0 Å². The van der Waals surface area contributed by atoms with Gasteiger partial charge in [0.25, 0.3) is 0 Å². The van der Waals surface area contributed by atoms with Crippen molar-refractivity contribution >= 4 is 15.7 Å². The summed E-state index contributed by atoms with van der Waals surface area (Å²) in [6.07, 6.45) is 1.14. The molecule has 2 radical (unpaired) electrons. The maximum atomic E-state index is 11.6. The number of rotatable bonds is 8. The molecule has 0 amide bonds. The van der Waals surface area contributed by atoms with Crippen LogP contribution in [0.2, 0.25) is 6.32 Å². The van der Waals surface area contributed by atoms with Gasteiger partial charge in [-0.05, 0) is 20.3 Å². The normalized spacial score (nSPS) is 11.8. The number of phosphoric ester groups is 1. The molecule has 0 saturated carbocycles. The molecule has 0 heterocycles. The van der Waals surface area contributed by atoms with Gasteiger partial charge >= 0.3 is 7.82 Å². The quantitative estimate of drug-likeness (QED) is 0.346. The zero-order valence-corrected chi connectivity index (χ0v) is 9.09. The molecule has 0 rings (SSSR count). The van der Waals surface area contributed by atoms with Gasteiger partial charge in [-0.25, -0.2) is 4.57 Å². The van der Waals surface area contributed by atoms with Gasteiger partial charge in [0.1, 0.15) is 0 Å². The van der Waals surface area contributed by atoms with Crippen LogP contribution in [0, 0.1) is 0 Å². The van der Waals surface area contributed by atoms with Gasteiger partial charge in [-0.1, -0.05) is 6.32 Å². The lowest BCUT2D eigenvalue weighted by Crippen LogP contribution is -2.01. The highest BCUT2D eigenvalue weighted by Crippen LogP contribution is 2.49. The molecule has 0 aliphatic heterocycles. The first-order valence-electron chi connectivity index (χ1n) is 4.42. The van der Waals surface area contributed by atoms with E-state index in [1.165, 1.54) is 0 Å². The molecule has 6 heteroatoms. The van der Waals surface area contributed by atoms with Crippen LogP contribution < -0.4 is 0 Å². The van der Waals surface area contributed by atoms with Crippen molar-refractivity contribution < 1.29 is 18.1 Å². The van der Waals surface area contributed by atoms with Crippen LogP contribution in [0.25, 0.3) is 0 Å². The van der Waals surface area contributed by atoms with Gasteiger partial charge in [0.05, 0.1) is 27.7 Å². The molecule has 0 aromatic carbocycles. The van der Waals surface area contributed by atoms with Crippen LogP contribution >= 0.6 is 7.82 Å². The van der Waals surface area contributed by atoms with Gasteiger partial charge in [0.2, 0.25) is 0 Å². The van der Waals surface area contributed by atoms with E-state index >= 15 is 0 Å². The third kappa shape index (κ3) is 6.27. The van der Waals surface area contributed by atoms with Crippen LogP contribution in [0.1, 0.15) is 20.3 Å². The molecule has 4 nitrogen and oxygen atoms in total.